The second-order valence-electron chi connectivity index (χ2n) is 5.83. The summed E-state index contributed by atoms with van der Waals surface area (Å²) in [6.45, 7) is 10.8. The standard InChI is InChI=1S/C15H31N3OS/c1-6-13(7-2)18(10-12(3)4)11-15(19)17(5)9-8-14(16)20/h12-13H,6-11H2,1-5H3,(H2,16,20). The van der Waals surface area contributed by atoms with Gasteiger partial charge in [-0.15, -0.1) is 0 Å². The molecule has 0 aliphatic carbocycles. The van der Waals surface area contributed by atoms with E-state index in [0.29, 0.717) is 36.5 Å². The van der Waals surface area contributed by atoms with E-state index in [4.69, 9.17) is 18.0 Å². The van der Waals surface area contributed by atoms with E-state index in [0.717, 1.165) is 19.4 Å². The quantitative estimate of drug-likeness (QED) is 0.629. The number of carbonyl (C=O) groups excluding carboxylic acids is 1. The van der Waals surface area contributed by atoms with Crippen molar-refractivity contribution in [3.8, 4) is 0 Å². The van der Waals surface area contributed by atoms with Crippen molar-refractivity contribution >= 4 is 23.1 Å². The summed E-state index contributed by atoms with van der Waals surface area (Å²) in [6.07, 6.45) is 2.74. The monoisotopic (exact) mass is 301 g/mol. The third kappa shape index (κ3) is 7.80. The van der Waals surface area contributed by atoms with Crippen LogP contribution in [0.15, 0.2) is 0 Å². The predicted molar refractivity (Wildman–Crippen MR) is 89.8 cm³/mol. The van der Waals surface area contributed by atoms with Crippen LogP contribution in [0.2, 0.25) is 0 Å². The van der Waals surface area contributed by atoms with E-state index in [1.54, 1.807) is 4.90 Å². The highest BCUT2D eigenvalue weighted by Crippen LogP contribution is 2.11. The maximum absolute atomic E-state index is 12.3. The van der Waals surface area contributed by atoms with Gasteiger partial charge in [0.2, 0.25) is 5.91 Å². The topological polar surface area (TPSA) is 49.6 Å². The van der Waals surface area contributed by atoms with Crippen molar-refractivity contribution in [3.63, 3.8) is 0 Å². The van der Waals surface area contributed by atoms with Gasteiger partial charge in [-0.1, -0.05) is 39.9 Å². The molecule has 0 bridgehead atoms. The maximum Gasteiger partial charge on any atom is 0.236 e. The highest BCUT2D eigenvalue weighted by molar-refractivity contribution is 7.80. The van der Waals surface area contributed by atoms with Gasteiger partial charge >= 0.3 is 0 Å². The zero-order valence-corrected chi connectivity index (χ0v) is 14.5. The van der Waals surface area contributed by atoms with Crippen molar-refractivity contribution in [1.82, 2.24) is 9.80 Å². The van der Waals surface area contributed by atoms with Crippen LogP contribution in [0, 0.1) is 5.92 Å². The molecule has 0 aromatic rings. The summed E-state index contributed by atoms with van der Waals surface area (Å²) >= 11 is 4.85. The molecule has 0 heterocycles. The third-order valence-corrected chi connectivity index (χ3v) is 3.72. The minimum absolute atomic E-state index is 0.147. The van der Waals surface area contributed by atoms with Gasteiger partial charge in [-0.3, -0.25) is 9.69 Å². The van der Waals surface area contributed by atoms with Crippen molar-refractivity contribution in [2.45, 2.75) is 53.0 Å². The predicted octanol–water partition coefficient (Wildman–Crippen LogP) is 2.27. The average molecular weight is 302 g/mol. The highest BCUT2D eigenvalue weighted by Gasteiger charge is 2.21. The number of nitrogens with two attached hydrogens (primary N) is 1. The van der Waals surface area contributed by atoms with Crippen LogP contribution in [0.25, 0.3) is 0 Å². The SMILES string of the molecule is CCC(CC)N(CC(=O)N(C)CCC(N)=S)CC(C)C. The van der Waals surface area contributed by atoms with Crippen LogP contribution in [0.1, 0.15) is 47.0 Å². The molecular weight excluding hydrogens is 270 g/mol. The highest BCUT2D eigenvalue weighted by atomic mass is 32.1. The van der Waals surface area contributed by atoms with Gasteiger partial charge in [0.25, 0.3) is 0 Å². The molecule has 2 N–H and O–H groups in total. The Morgan fingerprint density at radius 1 is 1.25 bits per heavy atom. The summed E-state index contributed by atoms with van der Waals surface area (Å²) in [6, 6.07) is 0.477. The average Bonchev–Trinajstić information content (AvgIpc) is 2.36. The molecule has 0 fully saturated rings. The lowest BCUT2D eigenvalue weighted by atomic mass is 10.1. The molecule has 0 saturated heterocycles. The number of rotatable bonds is 10. The van der Waals surface area contributed by atoms with Gasteiger partial charge in [0, 0.05) is 32.6 Å². The molecule has 118 valence electrons. The van der Waals surface area contributed by atoms with Crippen LogP contribution < -0.4 is 5.73 Å². The number of amides is 1. The second-order valence-corrected chi connectivity index (χ2v) is 6.35. The first-order chi connectivity index (χ1) is 9.31. The lowest BCUT2D eigenvalue weighted by molar-refractivity contribution is -0.131. The zero-order chi connectivity index (χ0) is 15.7. The molecule has 20 heavy (non-hydrogen) atoms. The number of hydrogen-bond donors (Lipinski definition) is 1. The van der Waals surface area contributed by atoms with Crippen LogP contribution in [0.4, 0.5) is 0 Å². The van der Waals surface area contributed by atoms with E-state index in [1.165, 1.54) is 0 Å². The van der Waals surface area contributed by atoms with E-state index in [9.17, 15) is 4.79 Å². The molecule has 0 aromatic heterocycles. The lowest BCUT2D eigenvalue weighted by Crippen LogP contribution is -2.45. The molecule has 4 nitrogen and oxygen atoms in total. The molecule has 0 radical (unpaired) electrons. The molecule has 0 spiro atoms. The van der Waals surface area contributed by atoms with Gasteiger partial charge in [0.15, 0.2) is 0 Å². The van der Waals surface area contributed by atoms with Gasteiger partial charge in [0.1, 0.15) is 0 Å². The van der Waals surface area contributed by atoms with Crippen LogP contribution >= 0.6 is 12.2 Å². The first-order valence-electron chi connectivity index (χ1n) is 7.58. The third-order valence-electron chi connectivity index (χ3n) is 3.52. The summed E-state index contributed by atoms with van der Waals surface area (Å²) in [7, 11) is 1.82. The normalized spacial score (nSPS) is 11.4. The molecule has 0 aliphatic heterocycles. The second kappa shape index (κ2) is 10.1. The van der Waals surface area contributed by atoms with Crippen molar-refractivity contribution < 1.29 is 4.79 Å². The summed E-state index contributed by atoms with van der Waals surface area (Å²) in [5.74, 6) is 0.708. The molecule has 0 aliphatic rings. The van der Waals surface area contributed by atoms with Crippen LogP contribution in [-0.2, 0) is 4.79 Å². The fourth-order valence-electron chi connectivity index (χ4n) is 2.31. The Morgan fingerprint density at radius 3 is 2.20 bits per heavy atom. The van der Waals surface area contributed by atoms with Crippen molar-refractivity contribution in [3.05, 3.63) is 0 Å². The van der Waals surface area contributed by atoms with Gasteiger partial charge in [-0.2, -0.15) is 0 Å². The van der Waals surface area contributed by atoms with Gasteiger partial charge in [0.05, 0.1) is 11.5 Å². The van der Waals surface area contributed by atoms with E-state index in [2.05, 4.69) is 32.6 Å². The zero-order valence-electron chi connectivity index (χ0n) is 13.7. The number of likely N-dealkylation sites (N-methyl/N-ethyl adjacent to an activating group) is 1. The van der Waals surface area contributed by atoms with Crippen LogP contribution in [0.3, 0.4) is 0 Å². The maximum atomic E-state index is 12.3. The molecule has 0 rings (SSSR count). The number of hydrogen-bond acceptors (Lipinski definition) is 3. The Bertz CT molecular complexity index is 303. The summed E-state index contributed by atoms with van der Waals surface area (Å²) in [5, 5.41) is 0. The Labute approximate surface area is 129 Å². The van der Waals surface area contributed by atoms with Crippen molar-refractivity contribution in [2.75, 3.05) is 26.7 Å². The van der Waals surface area contributed by atoms with Crippen LogP contribution in [0.5, 0.6) is 0 Å². The number of carbonyl (C=O) groups is 1. The number of thiocarbonyl (C=S) groups is 1. The first-order valence-corrected chi connectivity index (χ1v) is 7.98. The van der Waals surface area contributed by atoms with E-state index >= 15 is 0 Å². The molecular formula is C15H31N3OS. The van der Waals surface area contributed by atoms with Gasteiger partial charge in [-0.05, 0) is 18.8 Å². The largest absolute Gasteiger partial charge is 0.393 e. The summed E-state index contributed by atoms with van der Waals surface area (Å²) < 4.78 is 0. The Morgan fingerprint density at radius 2 is 1.80 bits per heavy atom. The molecule has 0 aromatic carbocycles. The Kier molecular flexibility index (Phi) is 9.76. The molecule has 5 heteroatoms. The molecule has 0 saturated carbocycles. The minimum Gasteiger partial charge on any atom is -0.393 e. The van der Waals surface area contributed by atoms with E-state index in [-0.39, 0.29) is 5.91 Å². The summed E-state index contributed by atoms with van der Waals surface area (Å²) in [4.78, 5) is 16.8. The minimum atomic E-state index is 0.147. The smallest absolute Gasteiger partial charge is 0.236 e. The fraction of sp³-hybridized carbons (Fsp3) is 0.867. The van der Waals surface area contributed by atoms with E-state index in [1.807, 2.05) is 7.05 Å². The van der Waals surface area contributed by atoms with E-state index < -0.39 is 0 Å². The fourth-order valence-corrected chi connectivity index (χ4v) is 2.41. The van der Waals surface area contributed by atoms with Gasteiger partial charge in [-0.25, -0.2) is 0 Å². The van der Waals surface area contributed by atoms with Crippen molar-refractivity contribution in [2.24, 2.45) is 11.7 Å². The van der Waals surface area contributed by atoms with Crippen molar-refractivity contribution in [1.29, 1.82) is 0 Å². The van der Waals surface area contributed by atoms with Gasteiger partial charge < -0.3 is 10.6 Å². The summed E-state index contributed by atoms with van der Waals surface area (Å²) in [5.41, 5.74) is 5.48. The van der Waals surface area contributed by atoms with Crippen LogP contribution in [-0.4, -0.2) is 53.4 Å². The number of nitrogens with zero attached hydrogens (tertiary/aromatic N) is 2. The molecule has 0 atom stereocenters. The Hall–Kier alpha value is -0.680. The molecule has 0 unspecified atom stereocenters. The lowest BCUT2D eigenvalue weighted by Gasteiger charge is -2.32. The first kappa shape index (κ1) is 19.3. The Balaban J connectivity index is 4.54. The molecule has 1 amide bonds.